The van der Waals surface area contributed by atoms with Crippen LogP contribution in [0.2, 0.25) is 0 Å². The summed E-state index contributed by atoms with van der Waals surface area (Å²) in [5, 5.41) is 12.5. The topological polar surface area (TPSA) is 77.0 Å². The highest BCUT2D eigenvalue weighted by Crippen LogP contribution is 2.32. The number of aliphatic hydroxyl groups is 1. The predicted molar refractivity (Wildman–Crippen MR) is 67.6 cm³/mol. The van der Waals surface area contributed by atoms with Crippen LogP contribution in [0.4, 0.5) is 4.79 Å². The molecule has 0 unspecified atom stereocenters. The van der Waals surface area contributed by atoms with E-state index in [0.717, 1.165) is 6.42 Å². The van der Waals surface area contributed by atoms with Crippen molar-refractivity contribution in [3.63, 3.8) is 0 Å². The van der Waals surface area contributed by atoms with Gasteiger partial charge in [0.1, 0.15) is 6.10 Å². The lowest BCUT2D eigenvalue weighted by Gasteiger charge is -2.23. The van der Waals surface area contributed by atoms with Gasteiger partial charge >= 0.3 is 6.09 Å². The van der Waals surface area contributed by atoms with E-state index in [4.69, 9.17) is 14.2 Å². The molecule has 2 N–H and O–H groups in total. The highest BCUT2D eigenvalue weighted by atomic mass is 16.7. The molecule has 6 heteroatoms. The van der Waals surface area contributed by atoms with Crippen molar-refractivity contribution in [3.05, 3.63) is 0 Å². The molecule has 0 aliphatic carbocycles. The van der Waals surface area contributed by atoms with Crippen LogP contribution in [0.25, 0.3) is 0 Å². The molecule has 0 aromatic heterocycles. The van der Waals surface area contributed by atoms with E-state index >= 15 is 0 Å². The van der Waals surface area contributed by atoms with Crippen molar-refractivity contribution in [3.8, 4) is 0 Å². The number of nitrogens with one attached hydrogen (secondary N) is 1. The maximum atomic E-state index is 11.8. The number of ether oxygens (including phenoxy) is 3. The maximum absolute atomic E-state index is 11.8. The molecule has 110 valence electrons. The first-order valence-electron chi connectivity index (χ1n) is 7.04. The number of hydrogen-bond donors (Lipinski definition) is 2. The molecule has 0 spiro atoms. The van der Waals surface area contributed by atoms with E-state index in [-0.39, 0.29) is 24.4 Å². The maximum Gasteiger partial charge on any atom is 0.407 e. The minimum Gasteiger partial charge on any atom is -0.443 e. The Labute approximate surface area is 113 Å². The van der Waals surface area contributed by atoms with Gasteiger partial charge in [-0.25, -0.2) is 4.79 Å². The molecular formula is C13H23NO5. The molecule has 6 nitrogen and oxygen atoms in total. The van der Waals surface area contributed by atoms with E-state index in [9.17, 15) is 9.90 Å². The number of alkyl carbamates (subject to hydrolysis) is 1. The highest BCUT2D eigenvalue weighted by Gasteiger charge is 2.44. The zero-order valence-electron chi connectivity index (χ0n) is 11.5. The smallest absolute Gasteiger partial charge is 0.407 e. The number of fused-ring (bicyclic) bond motifs is 1. The van der Waals surface area contributed by atoms with Gasteiger partial charge in [-0.1, -0.05) is 13.8 Å². The quantitative estimate of drug-likeness (QED) is 0.782. The molecule has 5 atom stereocenters. The van der Waals surface area contributed by atoms with Gasteiger partial charge in [-0.3, -0.25) is 0 Å². The molecule has 0 aromatic rings. The van der Waals surface area contributed by atoms with Crippen LogP contribution in [-0.2, 0) is 14.2 Å². The van der Waals surface area contributed by atoms with E-state index in [2.05, 4.69) is 5.32 Å². The normalized spacial score (nSPS) is 32.7. The monoisotopic (exact) mass is 273 g/mol. The standard InChI is InChI=1S/C13H23NO5/c1-3-9(10(15)4-2)14-13(16)19-11-7-18-12-8(11)5-6-17-12/h8-12,15H,3-7H2,1-2H3,(H,14,16)/t8-,9-,10+,11-,12+/m0/s1. The highest BCUT2D eigenvalue weighted by molar-refractivity contribution is 5.68. The number of carbonyl (C=O) groups is 1. The van der Waals surface area contributed by atoms with Gasteiger partial charge in [-0.2, -0.15) is 0 Å². The number of amides is 1. The van der Waals surface area contributed by atoms with E-state index in [1.807, 2.05) is 13.8 Å². The first-order chi connectivity index (χ1) is 9.15. The Balaban J connectivity index is 1.80. The predicted octanol–water partition coefficient (Wildman–Crippen LogP) is 1.02. The van der Waals surface area contributed by atoms with E-state index in [1.54, 1.807) is 0 Å². The van der Waals surface area contributed by atoms with Crippen molar-refractivity contribution < 1.29 is 24.1 Å². The van der Waals surface area contributed by atoms with Gasteiger partial charge in [0.25, 0.3) is 0 Å². The number of rotatable bonds is 5. The van der Waals surface area contributed by atoms with Crippen molar-refractivity contribution in [1.29, 1.82) is 0 Å². The molecule has 0 bridgehead atoms. The van der Waals surface area contributed by atoms with Gasteiger partial charge in [-0.15, -0.1) is 0 Å². The largest absolute Gasteiger partial charge is 0.443 e. The lowest BCUT2D eigenvalue weighted by molar-refractivity contribution is -0.0907. The average Bonchev–Trinajstić information content (AvgIpc) is 3.00. The molecule has 0 aromatic carbocycles. The lowest BCUT2D eigenvalue weighted by Crippen LogP contribution is -2.44. The summed E-state index contributed by atoms with van der Waals surface area (Å²) in [4.78, 5) is 11.8. The fraction of sp³-hybridized carbons (Fsp3) is 0.923. The van der Waals surface area contributed by atoms with E-state index < -0.39 is 12.2 Å². The molecule has 2 heterocycles. The van der Waals surface area contributed by atoms with Gasteiger partial charge in [0, 0.05) is 0 Å². The molecule has 0 saturated carbocycles. The molecule has 2 saturated heterocycles. The summed E-state index contributed by atoms with van der Waals surface area (Å²) in [5.41, 5.74) is 0. The van der Waals surface area contributed by atoms with Crippen LogP contribution in [0.15, 0.2) is 0 Å². The van der Waals surface area contributed by atoms with Crippen molar-refractivity contribution in [2.75, 3.05) is 13.2 Å². The van der Waals surface area contributed by atoms with Gasteiger partial charge < -0.3 is 24.6 Å². The SMILES string of the molecule is CC[C@@H](O)[C@H](CC)NC(=O)O[C@H]1CO[C@H]2OCC[C@H]21. The lowest BCUT2D eigenvalue weighted by atomic mass is 10.0. The van der Waals surface area contributed by atoms with E-state index in [0.29, 0.717) is 26.1 Å². The van der Waals surface area contributed by atoms with Gasteiger partial charge in [0.05, 0.1) is 31.3 Å². The minimum atomic E-state index is -0.542. The summed E-state index contributed by atoms with van der Waals surface area (Å²) in [6.07, 6.45) is 0.632. The summed E-state index contributed by atoms with van der Waals surface area (Å²) >= 11 is 0. The Morgan fingerprint density at radius 1 is 1.42 bits per heavy atom. The molecule has 0 radical (unpaired) electrons. The van der Waals surface area contributed by atoms with Crippen molar-refractivity contribution in [1.82, 2.24) is 5.32 Å². The third-order valence-electron chi connectivity index (χ3n) is 3.87. The van der Waals surface area contributed by atoms with Crippen LogP contribution in [0, 0.1) is 5.92 Å². The Hall–Kier alpha value is -0.850. The minimum absolute atomic E-state index is 0.141. The van der Waals surface area contributed by atoms with Gasteiger partial charge in [0.15, 0.2) is 6.29 Å². The van der Waals surface area contributed by atoms with Crippen molar-refractivity contribution in [2.24, 2.45) is 5.92 Å². The van der Waals surface area contributed by atoms with Crippen molar-refractivity contribution in [2.45, 2.75) is 57.6 Å². The van der Waals surface area contributed by atoms with Gasteiger partial charge in [-0.05, 0) is 19.3 Å². The fourth-order valence-electron chi connectivity index (χ4n) is 2.63. The van der Waals surface area contributed by atoms with Crippen LogP contribution < -0.4 is 5.32 Å². The average molecular weight is 273 g/mol. The first-order valence-corrected chi connectivity index (χ1v) is 7.04. The molecule has 2 fully saturated rings. The van der Waals surface area contributed by atoms with Crippen LogP contribution in [0.5, 0.6) is 0 Å². The molecule has 1 amide bonds. The van der Waals surface area contributed by atoms with Crippen LogP contribution in [0.1, 0.15) is 33.1 Å². The zero-order chi connectivity index (χ0) is 13.8. The third-order valence-corrected chi connectivity index (χ3v) is 3.87. The summed E-state index contributed by atoms with van der Waals surface area (Å²) in [6, 6.07) is -0.268. The summed E-state index contributed by atoms with van der Waals surface area (Å²) in [6.45, 7) is 4.84. The number of carbonyl (C=O) groups excluding carboxylic acids is 1. The van der Waals surface area contributed by atoms with Crippen LogP contribution in [-0.4, -0.2) is 49.0 Å². The number of hydrogen-bond acceptors (Lipinski definition) is 5. The Bertz CT molecular complexity index is 311. The molecule has 2 rings (SSSR count). The fourth-order valence-corrected chi connectivity index (χ4v) is 2.63. The third kappa shape index (κ3) is 3.38. The Kier molecular flexibility index (Phi) is 5.01. The van der Waals surface area contributed by atoms with E-state index in [1.165, 1.54) is 0 Å². The Morgan fingerprint density at radius 3 is 2.89 bits per heavy atom. The number of aliphatic hydroxyl groups excluding tert-OH is 1. The van der Waals surface area contributed by atoms with Crippen molar-refractivity contribution >= 4 is 6.09 Å². The summed E-state index contributed by atoms with van der Waals surface area (Å²) < 4.78 is 16.2. The Morgan fingerprint density at radius 2 is 2.21 bits per heavy atom. The second-order valence-electron chi connectivity index (χ2n) is 5.10. The molecule has 2 aliphatic heterocycles. The summed E-state index contributed by atoms with van der Waals surface area (Å²) in [5.74, 6) is 0.141. The molecule has 2 aliphatic rings. The summed E-state index contributed by atoms with van der Waals surface area (Å²) in [7, 11) is 0. The molecule has 19 heavy (non-hydrogen) atoms. The second-order valence-corrected chi connectivity index (χ2v) is 5.10. The van der Waals surface area contributed by atoms with Crippen LogP contribution in [0.3, 0.4) is 0 Å². The van der Waals surface area contributed by atoms with Gasteiger partial charge in [0.2, 0.25) is 0 Å². The first kappa shape index (κ1) is 14.6. The zero-order valence-corrected chi connectivity index (χ0v) is 11.5. The van der Waals surface area contributed by atoms with Crippen LogP contribution >= 0.6 is 0 Å². The molecular weight excluding hydrogens is 250 g/mol. The second kappa shape index (κ2) is 6.54.